The Hall–Kier alpha value is -4.33. The highest BCUT2D eigenvalue weighted by Crippen LogP contribution is 2.20. The summed E-state index contributed by atoms with van der Waals surface area (Å²) in [5.74, 6) is -2.19. The summed E-state index contributed by atoms with van der Waals surface area (Å²) < 4.78 is 36.9. The molecule has 2 heterocycles. The number of nitrogens with zero attached hydrogens (tertiary/aromatic N) is 3. The number of aliphatic carboxylic acids is 1. The van der Waals surface area contributed by atoms with Crippen LogP contribution in [0, 0.1) is 0 Å². The number of alkyl halides is 3. The van der Waals surface area contributed by atoms with E-state index < -0.39 is 18.2 Å². The Labute approximate surface area is 209 Å². The van der Waals surface area contributed by atoms with Crippen molar-refractivity contribution in [3.8, 4) is 5.75 Å². The second kappa shape index (κ2) is 11.6. The molecule has 0 bridgehead atoms. The van der Waals surface area contributed by atoms with E-state index in [0.717, 1.165) is 16.5 Å². The summed E-state index contributed by atoms with van der Waals surface area (Å²) in [5.41, 5.74) is 8.51. The van der Waals surface area contributed by atoms with Crippen molar-refractivity contribution in [2.24, 2.45) is 5.73 Å². The van der Waals surface area contributed by atoms with Crippen LogP contribution >= 0.6 is 0 Å². The van der Waals surface area contributed by atoms with Gasteiger partial charge >= 0.3 is 18.2 Å². The number of benzene rings is 2. The average Bonchev–Trinajstić information content (AvgIpc) is 3.36. The van der Waals surface area contributed by atoms with Crippen molar-refractivity contribution in [1.29, 1.82) is 0 Å². The van der Waals surface area contributed by atoms with Crippen LogP contribution < -0.4 is 15.8 Å². The molecule has 4 rings (SSSR count). The lowest BCUT2D eigenvalue weighted by atomic mass is 10.1. The van der Waals surface area contributed by atoms with E-state index in [1.807, 2.05) is 18.2 Å². The van der Waals surface area contributed by atoms with Gasteiger partial charge < -0.3 is 30.7 Å². The lowest BCUT2D eigenvalue weighted by molar-refractivity contribution is -0.192. The van der Waals surface area contributed by atoms with Crippen LogP contribution in [0.2, 0.25) is 0 Å². The number of carboxylic acids is 1. The van der Waals surface area contributed by atoms with Crippen molar-refractivity contribution in [1.82, 2.24) is 20.0 Å². The number of carbonyl (C=O) groups is 3. The zero-order chi connectivity index (χ0) is 27.2. The maximum absolute atomic E-state index is 12.8. The van der Waals surface area contributed by atoms with E-state index in [4.69, 9.17) is 20.4 Å². The first-order chi connectivity index (χ1) is 17.5. The number of anilines is 1. The Morgan fingerprint density at radius 2 is 1.68 bits per heavy atom. The summed E-state index contributed by atoms with van der Waals surface area (Å²) in [6.07, 6.45) is -3.37. The number of methoxy groups -OCH3 is 1. The topological polar surface area (TPSA) is 154 Å². The molecule has 1 aliphatic rings. The number of nitrogens with one attached hydrogen (secondary N) is 2. The Bertz CT molecular complexity index is 1240. The molecule has 2 aromatic carbocycles. The van der Waals surface area contributed by atoms with Crippen LogP contribution in [0.4, 0.5) is 23.7 Å². The maximum Gasteiger partial charge on any atom is 0.490 e. The van der Waals surface area contributed by atoms with Gasteiger partial charge in [-0.1, -0.05) is 12.1 Å². The highest BCUT2D eigenvalue weighted by molar-refractivity contribution is 5.92. The first-order valence-corrected chi connectivity index (χ1v) is 11.0. The number of ether oxygens (including phenoxy) is 1. The van der Waals surface area contributed by atoms with E-state index in [2.05, 4.69) is 15.5 Å². The van der Waals surface area contributed by atoms with Gasteiger partial charge in [0.2, 0.25) is 5.91 Å². The Morgan fingerprint density at radius 1 is 1.08 bits per heavy atom. The van der Waals surface area contributed by atoms with E-state index in [1.165, 1.54) is 0 Å². The first kappa shape index (κ1) is 27.3. The second-order valence-corrected chi connectivity index (χ2v) is 7.97. The quantitative estimate of drug-likeness (QED) is 0.411. The molecule has 1 fully saturated rings. The third kappa shape index (κ3) is 7.10. The predicted molar refractivity (Wildman–Crippen MR) is 127 cm³/mol. The molecule has 1 unspecified atom stereocenters. The molecule has 0 spiro atoms. The largest absolute Gasteiger partial charge is 0.497 e. The number of hydrogen-bond donors (Lipinski definition) is 4. The Kier molecular flexibility index (Phi) is 8.55. The van der Waals surface area contributed by atoms with Crippen molar-refractivity contribution in [3.05, 3.63) is 54.2 Å². The summed E-state index contributed by atoms with van der Waals surface area (Å²) in [6.45, 7) is 1.77. The normalized spacial score (nSPS) is 14.4. The van der Waals surface area contributed by atoms with Gasteiger partial charge in [-0.2, -0.15) is 18.3 Å². The summed E-state index contributed by atoms with van der Waals surface area (Å²) in [7, 11) is 1.59. The van der Waals surface area contributed by atoms with Gasteiger partial charge in [0, 0.05) is 37.3 Å². The maximum atomic E-state index is 12.8. The number of amides is 3. The van der Waals surface area contributed by atoms with Crippen molar-refractivity contribution in [3.63, 3.8) is 0 Å². The van der Waals surface area contributed by atoms with E-state index in [0.29, 0.717) is 37.6 Å². The van der Waals surface area contributed by atoms with Gasteiger partial charge in [0.1, 0.15) is 11.8 Å². The fourth-order valence-corrected chi connectivity index (χ4v) is 3.50. The van der Waals surface area contributed by atoms with Gasteiger partial charge in [0.25, 0.3) is 0 Å². The fraction of sp³-hybridized carbons (Fsp3) is 0.304. The van der Waals surface area contributed by atoms with Gasteiger partial charge in [-0.3, -0.25) is 9.89 Å². The highest BCUT2D eigenvalue weighted by Gasteiger charge is 2.38. The molecule has 11 nitrogen and oxygen atoms in total. The third-order valence-electron chi connectivity index (χ3n) is 5.55. The van der Waals surface area contributed by atoms with Crippen molar-refractivity contribution >= 4 is 34.5 Å². The molecule has 3 amide bonds. The van der Waals surface area contributed by atoms with E-state index in [-0.39, 0.29) is 11.9 Å². The van der Waals surface area contributed by atoms with Gasteiger partial charge in [-0.05, 0) is 35.9 Å². The Balaban J connectivity index is 0.000000479. The lowest BCUT2D eigenvalue weighted by Gasteiger charge is -2.35. The van der Waals surface area contributed by atoms with Crippen LogP contribution in [0.3, 0.4) is 0 Å². The van der Waals surface area contributed by atoms with Crippen LogP contribution in [0.25, 0.3) is 10.9 Å². The number of piperazine rings is 1. The zero-order valence-electron chi connectivity index (χ0n) is 19.7. The molecule has 1 aromatic heterocycles. The number of carboxylic acid groups (broad SMARTS) is 1. The number of carbonyl (C=O) groups excluding carboxylic acids is 2. The van der Waals surface area contributed by atoms with Crippen molar-refractivity contribution < 1.29 is 37.4 Å². The summed E-state index contributed by atoms with van der Waals surface area (Å²) in [4.78, 5) is 37.6. The number of aromatic amines is 1. The molecule has 0 radical (unpaired) electrons. The molecule has 0 aliphatic carbocycles. The number of fused-ring (bicyclic) bond motifs is 1. The molecule has 1 saturated heterocycles. The monoisotopic (exact) mass is 522 g/mol. The van der Waals surface area contributed by atoms with Crippen LogP contribution in [-0.4, -0.2) is 82.5 Å². The smallest absolute Gasteiger partial charge is 0.490 e. The second-order valence-electron chi connectivity index (χ2n) is 7.97. The SMILES string of the molecule is COc1ccc(C(N)C(=O)N2CCN(C(=O)Nc3ccc4[nH]ncc4c3)CC2)cc1.O=C(O)C(F)(F)F. The molecule has 5 N–H and O–H groups in total. The molecular weight excluding hydrogens is 497 g/mol. The molecule has 1 atom stereocenters. The number of halogens is 3. The zero-order valence-corrected chi connectivity index (χ0v) is 19.7. The van der Waals surface area contributed by atoms with Crippen LogP contribution in [0.15, 0.2) is 48.7 Å². The molecule has 3 aromatic rings. The lowest BCUT2D eigenvalue weighted by Crippen LogP contribution is -2.53. The molecule has 1 aliphatic heterocycles. The van der Waals surface area contributed by atoms with Gasteiger partial charge in [0.15, 0.2) is 0 Å². The number of nitrogens with two attached hydrogens (primary N) is 1. The summed E-state index contributed by atoms with van der Waals surface area (Å²) in [5, 5.41) is 17.8. The predicted octanol–water partition coefficient (Wildman–Crippen LogP) is 2.58. The average molecular weight is 522 g/mol. The van der Waals surface area contributed by atoms with Crippen LogP contribution in [0.1, 0.15) is 11.6 Å². The molecule has 37 heavy (non-hydrogen) atoms. The van der Waals surface area contributed by atoms with E-state index in [9.17, 15) is 22.8 Å². The molecular formula is C23H25F3N6O5. The highest BCUT2D eigenvalue weighted by atomic mass is 19.4. The number of aromatic nitrogens is 2. The standard InChI is InChI=1S/C21H24N6O3.C2HF3O2/c1-30-17-5-2-14(3-6-17)19(22)20(28)26-8-10-27(11-9-26)21(29)24-16-4-7-18-15(12-16)13-23-25-18;3-2(4,5)1(6)7/h2-7,12-13,19H,8-11,22H2,1H3,(H,23,25)(H,24,29);(H,6,7). The van der Waals surface area contributed by atoms with Gasteiger partial charge in [-0.15, -0.1) is 0 Å². The summed E-state index contributed by atoms with van der Waals surface area (Å²) in [6, 6.07) is 11.8. The molecule has 0 saturated carbocycles. The number of hydrogen-bond acceptors (Lipinski definition) is 6. The van der Waals surface area contributed by atoms with Crippen LogP contribution in [0.5, 0.6) is 5.75 Å². The Morgan fingerprint density at radius 3 is 2.24 bits per heavy atom. The van der Waals surface area contributed by atoms with E-state index >= 15 is 0 Å². The summed E-state index contributed by atoms with van der Waals surface area (Å²) >= 11 is 0. The minimum absolute atomic E-state index is 0.148. The number of urea groups is 1. The number of rotatable bonds is 4. The van der Waals surface area contributed by atoms with Gasteiger partial charge in [0.05, 0.1) is 18.8 Å². The van der Waals surface area contributed by atoms with Crippen molar-refractivity contribution in [2.75, 3.05) is 38.6 Å². The minimum atomic E-state index is -5.08. The molecule has 14 heteroatoms. The minimum Gasteiger partial charge on any atom is -0.497 e. The van der Waals surface area contributed by atoms with E-state index in [1.54, 1.807) is 47.4 Å². The number of H-pyrrole nitrogens is 1. The van der Waals surface area contributed by atoms with Crippen molar-refractivity contribution in [2.45, 2.75) is 12.2 Å². The fourth-order valence-electron chi connectivity index (χ4n) is 3.50. The molecule has 198 valence electrons. The first-order valence-electron chi connectivity index (χ1n) is 11.0. The van der Waals surface area contributed by atoms with Gasteiger partial charge in [-0.25, -0.2) is 9.59 Å². The third-order valence-corrected chi connectivity index (χ3v) is 5.55. The van der Waals surface area contributed by atoms with Crippen LogP contribution in [-0.2, 0) is 9.59 Å².